The summed E-state index contributed by atoms with van der Waals surface area (Å²) in [5, 5.41) is 0. The Morgan fingerprint density at radius 1 is 1.36 bits per heavy atom. The molecule has 2 rings (SSSR count). The monoisotopic (exact) mass is 196 g/mol. The van der Waals surface area contributed by atoms with Crippen LogP contribution in [-0.4, -0.2) is 17.2 Å². The lowest BCUT2D eigenvalue weighted by atomic mass is 9.84. The molecule has 0 N–H and O–H groups in total. The van der Waals surface area contributed by atoms with Crippen LogP contribution < -0.4 is 0 Å². The summed E-state index contributed by atoms with van der Waals surface area (Å²) in [7, 11) is 0. The number of ketones is 2. The molecule has 0 aromatic carbocycles. The van der Waals surface area contributed by atoms with E-state index in [1.807, 2.05) is 6.08 Å². The van der Waals surface area contributed by atoms with Crippen LogP contribution in [0, 0.1) is 17.8 Å². The van der Waals surface area contributed by atoms with Crippen molar-refractivity contribution >= 4 is 11.6 Å². The van der Waals surface area contributed by atoms with Crippen LogP contribution in [0.4, 0.5) is 4.39 Å². The van der Waals surface area contributed by atoms with E-state index in [9.17, 15) is 14.0 Å². The van der Waals surface area contributed by atoms with Gasteiger partial charge in [-0.25, -0.2) is 4.39 Å². The molecule has 4 atom stereocenters. The summed E-state index contributed by atoms with van der Waals surface area (Å²) in [5.74, 6) is -1.33. The van der Waals surface area contributed by atoms with Crippen molar-refractivity contribution < 1.29 is 14.0 Å². The molecule has 0 aliphatic heterocycles. The number of alkyl halides is 1. The zero-order valence-electron chi connectivity index (χ0n) is 8.29. The molecular formula is C11H13FO2. The molecule has 0 radical (unpaired) electrons. The van der Waals surface area contributed by atoms with Gasteiger partial charge in [-0.3, -0.25) is 9.59 Å². The predicted molar refractivity (Wildman–Crippen MR) is 49.4 cm³/mol. The van der Waals surface area contributed by atoms with Gasteiger partial charge in [-0.2, -0.15) is 0 Å². The maximum atomic E-state index is 14.2. The average molecular weight is 196 g/mol. The zero-order valence-corrected chi connectivity index (χ0v) is 8.29. The van der Waals surface area contributed by atoms with Gasteiger partial charge in [-0.05, 0) is 26.2 Å². The van der Waals surface area contributed by atoms with Crippen LogP contribution in [0.15, 0.2) is 12.2 Å². The first-order valence-corrected chi connectivity index (χ1v) is 4.85. The fraction of sp³-hybridized carbons (Fsp3) is 0.636. The van der Waals surface area contributed by atoms with Crippen LogP contribution in [0.1, 0.15) is 20.3 Å². The largest absolute Gasteiger partial charge is 0.300 e. The van der Waals surface area contributed by atoms with E-state index in [0.29, 0.717) is 0 Å². The number of fused-ring (bicyclic) bond motifs is 2. The highest BCUT2D eigenvalue weighted by atomic mass is 19.1. The van der Waals surface area contributed by atoms with Crippen molar-refractivity contribution in [2.75, 3.05) is 0 Å². The van der Waals surface area contributed by atoms with Crippen LogP contribution in [-0.2, 0) is 9.59 Å². The topological polar surface area (TPSA) is 34.1 Å². The quantitative estimate of drug-likeness (QED) is 0.630. The highest BCUT2D eigenvalue weighted by molar-refractivity contribution is 5.90. The molecule has 4 unspecified atom stereocenters. The van der Waals surface area contributed by atoms with Crippen molar-refractivity contribution in [3.8, 4) is 0 Å². The van der Waals surface area contributed by atoms with Crippen molar-refractivity contribution in [1.82, 2.24) is 0 Å². The van der Waals surface area contributed by atoms with Crippen LogP contribution in [0.25, 0.3) is 0 Å². The molecule has 0 amide bonds. The summed E-state index contributed by atoms with van der Waals surface area (Å²) in [5.41, 5.74) is -1.78. The number of carbonyl (C=O) groups is 2. The standard InChI is InChI=1S/C11H13FO2/c1-6(13)10-8-3-4-9(10)11(12,5-8)7(2)14/h3-4,8-10H,5H2,1-2H3. The van der Waals surface area contributed by atoms with E-state index in [1.54, 1.807) is 6.08 Å². The van der Waals surface area contributed by atoms with E-state index in [-0.39, 0.29) is 24.0 Å². The first-order valence-electron chi connectivity index (χ1n) is 4.85. The number of allylic oxidation sites excluding steroid dienone is 2. The third-order valence-corrected chi connectivity index (χ3v) is 3.53. The zero-order chi connectivity index (χ0) is 10.5. The lowest BCUT2D eigenvalue weighted by Gasteiger charge is -2.24. The lowest BCUT2D eigenvalue weighted by Crippen LogP contribution is -2.37. The first kappa shape index (κ1) is 9.56. The molecule has 2 aliphatic carbocycles. The Bertz CT molecular complexity index is 334. The molecule has 0 aromatic rings. The van der Waals surface area contributed by atoms with Gasteiger partial charge in [0, 0.05) is 11.8 Å². The second-order valence-electron chi connectivity index (χ2n) is 4.33. The normalized spacial score (nSPS) is 44.4. The minimum atomic E-state index is -1.78. The highest BCUT2D eigenvalue weighted by Gasteiger charge is 2.59. The molecule has 0 heterocycles. The lowest BCUT2D eigenvalue weighted by molar-refractivity contribution is -0.131. The fourth-order valence-electron chi connectivity index (χ4n) is 2.81. The van der Waals surface area contributed by atoms with Crippen molar-refractivity contribution in [2.45, 2.75) is 25.9 Å². The second-order valence-corrected chi connectivity index (χ2v) is 4.33. The molecule has 76 valence electrons. The van der Waals surface area contributed by atoms with Crippen LogP contribution in [0.3, 0.4) is 0 Å². The van der Waals surface area contributed by atoms with Crippen molar-refractivity contribution in [2.24, 2.45) is 17.8 Å². The van der Waals surface area contributed by atoms with Gasteiger partial charge in [0.2, 0.25) is 0 Å². The van der Waals surface area contributed by atoms with E-state index in [1.165, 1.54) is 13.8 Å². The van der Waals surface area contributed by atoms with E-state index < -0.39 is 17.4 Å². The maximum absolute atomic E-state index is 14.2. The number of hydrogen-bond donors (Lipinski definition) is 0. The van der Waals surface area contributed by atoms with E-state index >= 15 is 0 Å². The number of carbonyl (C=O) groups excluding carboxylic acids is 2. The highest BCUT2D eigenvalue weighted by Crippen LogP contribution is 2.53. The maximum Gasteiger partial charge on any atom is 0.175 e. The van der Waals surface area contributed by atoms with Crippen LogP contribution >= 0.6 is 0 Å². The summed E-state index contributed by atoms with van der Waals surface area (Å²) >= 11 is 0. The van der Waals surface area contributed by atoms with Gasteiger partial charge in [0.15, 0.2) is 11.5 Å². The summed E-state index contributed by atoms with van der Waals surface area (Å²) in [6.45, 7) is 2.75. The summed E-state index contributed by atoms with van der Waals surface area (Å²) in [6, 6.07) is 0. The molecule has 1 saturated carbocycles. The molecule has 0 saturated heterocycles. The molecule has 2 aliphatic rings. The molecule has 0 spiro atoms. The molecule has 2 bridgehead atoms. The van der Waals surface area contributed by atoms with Crippen molar-refractivity contribution in [3.63, 3.8) is 0 Å². The molecule has 2 nitrogen and oxygen atoms in total. The average Bonchev–Trinajstić information content (AvgIpc) is 2.58. The Morgan fingerprint density at radius 3 is 2.36 bits per heavy atom. The Kier molecular flexibility index (Phi) is 1.88. The van der Waals surface area contributed by atoms with Gasteiger partial charge < -0.3 is 0 Å². The summed E-state index contributed by atoms with van der Waals surface area (Å²) in [6.07, 6.45) is 3.76. The second kappa shape index (κ2) is 2.75. The first-order chi connectivity index (χ1) is 6.47. The molecule has 14 heavy (non-hydrogen) atoms. The van der Waals surface area contributed by atoms with Crippen LogP contribution in [0.2, 0.25) is 0 Å². The molecule has 1 fully saturated rings. The minimum Gasteiger partial charge on any atom is -0.300 e. The molecule has 3 heteroatoms. The fourth-order valence-corrected chi connectivity index (χ4v) is 2.81. The third-order valence-electron chi connectivity index (χ3n) is 3.53. The van der Waals surface area contributed by atoms with Gasteiger partial charge in [0.25, 0.3) is 0 Å². The Labute approximate surface area is 82.2 Å². The van der Waals surface area contributed by atoms with Crippen molar-refractivity contribution in [1.29, 1.82) is 0 Å². The van der Waals surface area contributed by atoms with Gasteiger partial charge in [0.1, 0.15) is 5.78 Å². The van der Waals surface area contributed by atoms with E-state index in [2.05, 4.69) is 0 Å². The molecule has 0 aromatic heterocycles. The third kappa shape index (κ3) is 1.01. The Balaban J connectivity index is 2.35. The summed E-state index contributed by atoms with van der Waals surface area (Å²) < 4.78 is 14.2. The number of rotatable bonds is 2. The SMILES string of the molecule is CC(=O)C1C2C=CC1C(F)(C(C)=O)C2. The number of Topliss-reactive ketones (excluding diaryl/α,β-unsaturated/α-hetero) is 2. The smallest absolute Gasteiger partial charge is 0.175 e. The summed E-state index contributed by atoms with van der Waals surface area (Å²) in [4.78, 5) is 22.5. The van der Waals surface area contributed by atoms with Gasteiger partial charge in [-0.15, -0.1) is 0 Å². The minimum absolute atomic E-state index is 0.00854. The Hall–Kier alpha value is -0.990. The number of halogens is 1. The van der Waals surface area contributed by atoms with Gasteiger partial charge in [0.05, 0.1) is 0 Å². The van der Waals surface area contributed by atoms with Gasteiger partial charge in [-0.1, -0.05) is 12.2 Å². The number of hydrogen-bond acceptors (Lipinski definition) is 2. The van der Waals surface area contributed by atoms with Crippen molar-refractivity contribution in [3.05, 3.63) is 12.2 Å². The Morgan fingerprint density at radius 2 is 2.00 bits per heavy atom. The van der Waals surface area contributed by atoms with Gasteiger partial charge >= 0.3 is 0 Å². The van der Waals surface area contributed by atoms with E-state index in [4.69, 9.17) is 0 Å². The molecular weight excluding hydrogens is 183 g/mol. The van der Waals surface area contributed by atoms with Crippen LogP contribution in [0.5, 0.6) is 0 Å². The predicted octanol–water partition coefficient (Wildman–Crippen LogP) is 1.69. The van der Waals surface area contributed by atoms with E-state index in [0.717, 1.165) is 0 Å².